The first kappa shape index (κ1) is 17.7. The van der Waals surface area contributed by atoms with Crippen LogP contribution in [0.25, 0.3) is 0 Å². The van der Waals surface area contributed by atoms with E-state index in [9.17, 15) is 13.6 Å². The fraction of sp³-hybridized carbons (Fsp3) is 0.278. The van der Waals surface area contributed by atoms with Gasteiger partial charge in [0.25, 0.3) is 5.91 Å². The molecule has 2 aromatic carbocycles. The second-order valence-corrected chi connectivity index (χ2v) is 5.58. The van der Waals surface area contributed by atoms with Crippen molar-refractivity contribution < 1.29 is 18.3 Å². The molecule has 4 nitrogen and oxygen atoms in total. The molecule has 0 heterocycles. The number of hydrogen-bond donors (Lipinski definition) is 1. The van der Waals surface area contributed by atoms with Crippen molar-refractivity contribution in [3.8, 4) is 5.75 Å². The van der Waals surface area contributed by atoms with Gasteiger partial charge in [0.05, 0.1) is 6.04 Å². The van der Waals surface area contributed by atoms with Gasteiger partial charge in [-0.1, -0.05) is 12.1 Å². The van der Waals surface area contributed by atoms with Gasteiger partial charge in [0.15, 0.2) is 0 Å². The summed E-state index contributed by atoms with van der Waals surface area (Å²) < 4.78 is 28.6. The molecule has 0 spiro atoms. The maximum absolute atomic E-state index is 12.3. The number of hydrogen-bond acceptors (Lipinski definition) is 3. The first-order valence-corrected chi connectivity index (χ1v) is 7.50. The first-order chi connectivity index (χ1) is 11.4. The Balaban J connectivity index is 2.00. The highest BCUT2D eigenvalue weighted by Gasteiger charge is 2.12. The summed E-state index contributed by atoms with van der Waals surface area (Å²) in [5, 5.41) is 2.88. The average Bonchev–Trinajstić information content (AvgIpc) is 2.55. The highest BCUT2D eigenvalue weighted by molar-refractivity contribution is 5.94. The van der Waals surface area contributed by atoms with E-state index in [0.29, 0.717) is 5.56 Å². The molecule has 0 aliphatic carbocycles. The van der Waals surface area contributed by atoms with Crippen LogP contribution in [0.15, 0.2) is 48.5 Å². The van der Waals surface area contributed by atoms with E-state index in [0.717, 1.165) is 11.3 Å². The van der Waals surface area contributed by atoms with Crippen LogP contribution in [0.2, 0.25) is 0 Å². The van der Waals surface area contributed by atoms with Crippen LogP contribution in [0.4, 0.5) is 14.5 Å². The van der Waals surface area contributed by atoms with Gasteiger partial charge >= 0.3 is 6.61 Å². The molecule has 1 atom stereocenters. The van der Waals surface area contributed by atoms with E-state index < -0.39 is 6.61 Å². The van der Waals surface area contributed by atoms with Gasteiger partial charge in [-0.05, 0) is 48.9 Å². The van der Waals surface area contributed by atoms with Gasteiger partial charge in [-0.25, -0.2) is 0 Å². The van der Waals surface area contributed by atoms with Crippen molar-refractivity contribution in [1.82, 2.24) is 5.32 Å². The number of halogens is 2. The van der Waals surface area contributed by atoms with Crippen LogP contribution >= 0.6 is 0 Å². The number of alkyl halides is 2. The van der Waals surface area contributed by atoms with Crippen LogP contribution in [-0.2, 0) is 0 Å². The number of nitrogens with one attached hydrogen (secondary N) is 1. The van der Waals surface area contributed by atoms with Crippen molar-refractivity contribution in [2.24, 2.45) is 0 Å². The largest absolute Gasteiger partial charge is 0.435 e. The van der Waals surface area contributed by atoms with Crippen molar-refractivity contribution in [1.29, 1.82) is 0 Å². The predicted octanol–water partition coefficient (Wildman–Crippen LogP) is 3.85. The SMILES string of the molecule is CC(NC(=O)c1ccc(N(C)C)cc1)c1ccc(OC(F)F)cc1. The highest BCUT2D eigenvalue weighted by atomic mass is 19.3. The lowest BCUT2D eigenvalue weighted by Gasteiger charge is -2.16. The molecule has 0 saturated heterocycles. The Bertz CT molecular complexity index is 670. The lowest BCUT2D eigenvalue weighted by atomic mass is 10.1. The zero-order chi connectivity index (χ0) is 17.7. The molecule has 0 fully saturated rings. The molecule has 0 aromatic heterocycles. The highest BCUT2D eigenvalue weighted by Crippen LogP contribution is 2.20. The number of anilines is 1. The standard InChI is InChI=1S/C18H20F2N2O2/c1-12(13-6-10-16(11-7-13)24-18(19)20)21-17(23)14-4-8-15(9-5-14)22(2)3/h4-12,18H,1-3H3,(H,21,23). The maximum Gasteiger partial charge on any atom is 0.387 e. The normalized spacial score (nSPS) is 11.9. The maximum atomic E-state index is 12.3. The zero-order valence-corrected chi connectivity index (χ0v) is 13.8. The number of rotatable bonds is 6. The van der Waals surface area contributed by atoms with Crippen molar-refractivity contribution >= 4 is 11.6 Å². The minimum Gasteiger partial charge on any atom is -0.435 e. The van der Waals surface area contributed by atoms with E-state index in [1.54, 1.807) is 24.3 Å². The number of benzene rings is 2. The summed E-state index contributed by atoms with van der Waals surface area (Å²) in [7, 11) is 3.86. The van der Waals surface area contributed by atoms with Crippen molar-refractivity contribution in [3.05, 3.63) is 59.7 Å². The molecular formula is C18H20F2N2O2. The molecule has 2 aromatic rings. The van der Waals surface area contributed by atoms with E-state index in [-0.39, 0.29) is 17.7 Å². The summed E-state index contributed by atoms with van der Waals surface area (Å²) in [6, 6.07) is 13.2. The third-order valence-electron chi connectivity index (χ3n) is 3.60. The molecule has 0 bridgehead atoms. The molecule has 2 rings (SSSR count). The third kappa shape index (κ3) is 4.68. The van der Waals surface area contributed by atoms with Gasteiger partial charge in [0, 0.05) is 25.3 Å². The molecule has 0 aliphatic heterocycles. The van der Waals surface area contributed by atoms with Crippen molar-refractivity contribution in [2.75, 3.05) is 19.0 Å². The Labute approximate surface area is 140 Å². The molecule has 0 radical (unpaired) electrons. The van der Waals surface area contributed by atoms with E-state index in [1.165, 1.54) is 12.1 Å². The summed E-state index contributed by atoms with van der Waals surface area (Å²) in [6.07, 6.45) is 0. The van der Waals surface area contributed by atoms with E-state index in [2.05, 4.69) is 10.1 Å². The van der Waals surface area contributed by atoms with Gasteiger partial charge in [-0.3, -0.25) is 4.79 Å². The molecule has 6 heteroatoms. The van der Waals surface area contributed by atoms with E-state index in [1.807, 2.05) is 38.1 Å². The summed E-state index contributed by atoms with van der Waals surface area (Å²) >= 11 is 0. The van der Waals surface area contributed by atoms with Gasteiger partial charge < -0.3 is 15.0 Å². The number of carbonyl (C=O) groups is 1. The Hall–Kier alpha value is -2.63. The minimum atomic E-state index is -2.85. The lowest BCUT2D eigenvalue weighted by Crippen LogP contribution is -2.26. The number of carbonyl (C=O) groups excluding carboxylic acids is 1. The topological polar surface area (TPSA) is 41.6 Å². The molecular weight excluding hydrogens is 314 g/mol. The third-order valence-corrected chi connectivity index (χ3v) is 3.60. The summed E-state index contributed by atoms with van der Waals surface area (Å²) in [5.74, 6) is -0.104. The minimum absolute atomic E-state index is 0.0894. The number of nitrogens with zero attached hydrogens (tertiary/aromatic N) is 1. The molecule has 0 aliphatic rings. The van der Waals surface area contributed by atoms with Crippen molar-refractivity contribution in [2.45, 2.75) is 19.6 Å². The van der Waals surface area contributed by atoms with E-state index in [4.69, 9.17) is 0 Å². The predicted molar refractivity (Wildman–Crippen MR) is 89.7 cm³/mol. The Morgan fingerprint density at radius 2 is 1.62 bits per heavy atom. The Kier molecular flexibility index (Phi) is 5.73. The fourth-order valence-corrected chi connectivity index (χ4v) is 2.21. The van der Waals surface area contributed by atoms with Crippen molar-refractivity contribution in [3.63, 3.8) is 0 Å². The second kappa shape index (κ2) is 7.77. The van der Waals surface area contributed by atoms with Gasteiger partial charge in [-0.2, -0.15) is 8.78 Å². The number of ether oxygens (including phenoxy) is 1. The summed E-state index contributed by atoms with van der Waals surface area (Å²) in [4.78, 5) is 14.2. The van der Waals surface area contributed by atoms with Gasteiger partial charge in [0.2, 0.25) is 0 Å². The zero-order valence-electron chi connectivity index (χ0n) is 13.8. The first-order valence-electron chi connectivity index (χ1n) is 7.50. The fourth-order valence-electron chi connectivity index (χ4n) is 2.21. The average molecular weight is 334 g/mol. The molecule has 0 saturated carbocycles. The molecule has 24 heavy (non-hydrogen) atoms. The smallest absolute Gasteiger partial charge is 0.387 e. The lowest BCUT2D eigenvalue weighted by molar-refractivity contribution is -0.0498. The van der Waals surface area contributed by atoms with Crippen LogP contribution in [0.5, 0.6) is 5.75 Å². The summed E-state index contributed by atoms with van der Waals surface area (Å²) in [5.41, 5.74) is 2.37. The molecule has 1 unspecified atom stereocenters. The van der Waals surface area contributed by atoms with E-state index >= 15 is 0 Å². The second-order valence-electron chi connectivity index (χ2n) is 5.58. The number of amides is 1. The Morgan fingerprint density at radius 3 is 2.12 bits per heavy atom. The quantitative estimate of drug-likeness (QED) is 0.872. The van der Waals surface area contributed by atoms with Crippen LogP contribution < -0.4 is 15.0 Å². The van der Waals surface area contributed by atoms with Crippen LogP contribution in [0.1, 0.15) is 28.9 Å². The van der Waals surface area contributed by atoms with Crippen LogP contribution in [-0.4, -0.2) is 26.6 Å². The van der Waals surface area contributed by atoms with Gasteiger partial charge in [0.1, 0.15) is 5.75 Å². The summed E-state index contributed by atoms with van der Waals surface area (Å²) in [6.45, 7) is -1.02. The van der Waals surface area contributed by atoms with Crippen LogP contribution in [0.3, 0.4) is 0 Å². The molecule has 1 amide bonds. The monoisotopic (exact) mass is 334 g/mol. The van der Waals surface area contributed by atoms with Crippen LogP contribution in [0, 0.1) is 0 Å². The molecule has 1 N–H and O–H groups in total. The van der Waals surface area contributed by atoms with Gasteiger partial charge in [-0.15, -0.1) is 0 Å². The Morgan fingerprint density at radius 1 is 1.04 bits per heavy atom. The molecule has 128 valence electrons.